The molecule has 3 rings (SSSR count). The molecule has 0 saturated carbocycles. The minimum Gasteiger partial charge on any atom is -0.493 e. The highest BCUT2D eigenvalue weighted by Crippen LogP contribution is 2.28. The van der Waals surface area contributed by atoms with E-state index >= 15 is 0 Å². The fourth-order valence-corrected chi connectivity index (χ4v) is 6.16. The lowest BCUT2D eigenvalue weighted by atomic mass is 10.1. The van der Waals surface area contributed by atoms with Crippen LogP contribution in [-0.2, 0) is 0 Å². The quantitative estimate of drug-likeness (QED) is 0.579. The summed E-state index contributed by atoms with van der Waals surface area (Å²) >= 11 is 0. The number of hydrogen-bond donors (Lipinski definition) is 0. The van der Waals surface area contributed by atoms with Gasteiger partial charge in [0.2, 0.25) is 0 Å². The summed E-state index contributed by atoms with van der Waals surface area (Å²) in [5.41, 5.74) is 0. The van der Waals surface area contributed by atoms with Crippen LogP contribution in [0.2, 0.25) is 12.1 Å². The van der Waals surface area contributed by atoms with E-state index in [9.17, 15) is 0 Å². The topological polar surface area (TPSA) is 9.23 Å². The van der Waals surface area contributed by atoms with Crippen LogP contribution in [-0.4, -0.2) is 15.4 Å². The molecule has 0 unspecified atom stereocenters. The van der Waals surface area contributed by atoms with Gasteiger partial charge in [0.1, 0.15) is 5.75 Å². The smallest absolute Gasteiger partial charge is 0.127 e. The fourth-order valence-electron chi connectivity index (χ4n) is 3.10. The maximum absolute atomic E-state index is 5.99. The Hall–Kier alpha value is -1.28. The number of ether oxygens (including phenoxy) is 1. The maximum Gasteiger partial charge on any atom is 0.127 e. The highest BCUT2D eigenvalue weighted by Gasteiger charge is 2.21. The molecule has 20 heavy (non-hydrogen) atoms. The average molecular weight is 283 g/mol. The Labute approximate surface area is 123 Å². The van der Waals surface area contributed by atoms with E-state index in [4.69, 9.17) is 4.74 Å². The van der Waals surface area contributed by atoms with Crippen molar-refractivity contribution in [3.05, 3.63) is 36.4 Å². The Kier molecular flexibility index (Phi) is 4.41. The minimum absolute atomic E-state index is 0.311. The molecule has 0 N–H and O–H groups in total. The fraction of sp³-hybridized carbons (Fsp3) is 0.444. The molecule has 0 aliphatic carbocycles. The van der Waals surface area contributed by atoms with Crippen LogP contribution in [0.3, 0.4) is 0 Å². The molecule has 105 valence electrons. The van der Waals surface area contributed by atoms with Crippen LogP contribution >= 0.6 is 0 Å². The Morgan fingerprint density at radius 3 is 2.50 bits per heavy atom. The third kappa shape index (κ3) is 2.75. The third-order valence-corrected chi connectivity index (χ3v) is 7.34. The van der Waals surface area contributed by atoms with Crippen molar-refractivity contribution in [1.82, 2.24) is 0 Å². The van der Waals surface area contributed by atoms with Gasteiger partial charge >= 0.3 is 0 Å². The van der Waals surface area contributed by atoms with Gasteiger partial charge in [-0.1, -0.05) is 73.8 Å². The van der Waals surface area contributed by atoms with Crippen LogP contribution < -0.4 is 9.92 Å². The van der Waals surface area contributed by atoms with Crippen molar-refractivity contribution in [2.75, 3.05) is 6.61 Å². The van der Waals surface area contributed by atoms with E-state index in [0.29, 0.717) is 0 Å². The van der Waals surface area contributed by atoms with Crippen LogP contribution in [0.5, 0.6) is 5.75 Å². The molecule has 1 fully saturated rings. The number of rotatable bonds is 5. The van der Waals surface area contributed by atoms with Crippen molar-refractivity contribution in [2.45, 2.75) is 44.7 Å². The first-order valence-electron chi connectivity index (χ1n) is 7.90. The van der Waals surface area contributed by atoms with Crippen molar-refractivity contribution in [1.29, 1.82) is 0 Å². The first-order valence-corrected chi connectivity index (χ1v) is 9.81. The molecule has 2 aromatic rings. The molecule has 2 aromatic carbocycles. The van der Waals surface area contributed by atoms with Gasteiger partial charge in [-0.3, -0.25) is 0 Å². The lowest BCUT2D eigenvalue weighted by Crippen LogP contribution is -2.27. The lowest BCUT2D eigenvalue weighted by molar-refractivity contribution is 0.313. The molecule has 1 nitrogen and oxygen atoms in total. The molecule has 0 bridgehead atoms. The van der Waals surface area contributed by atoms with Crippen molar-refractivity contribution < 1.29 is 4.74 Å². The van der Waals surface area contributed by atoms with E-state index in [1.807, 2.05) is 0 Å². The zero-order valence-electron chi connectivity index (χ0n) is 12.3. The minimum atomic E-state index is -0.311. The molecule has 1 heterocycles. The van der Waals surface area contributed by atoms with Gasteiger partial charge in [-0.15, -0.1) is 0 Å². The van der Waals surface area contributed by atoms with Crippen molar-refractivity contribution in [2.24, 2.45) is 0 Å². The molecule has 0 spiro atoms. The molecular formula is C18H23OSi. The molecule has 0 atom stereocenters. The van der Waals surface area contributed by atoms with E-state index in [-0.39, 0.29) is 8.80 Å². The molecule has 1 aliphatic rings. The van der Waals surface area contributed by atoms with Crippen molar-refractivity contribution >= 4 is 24.8 Å². The largest absolute Gasteiger partial charge is 0.493 e. The SMILES string of the molecule is CCCCOc1ccc([Si]2CCCC2)c2ccccc12. The predicted molar refractivity (Wildman–Crippen MR) is 88.6 cm³/mol. The van der Waals surface area contributed by atoms with Gasteiger partial charge in [0.25, 0.3) is 0 Å². The van der Waals surface area contributed by atoms with Crippen molar-refractivity contribution in [3.8, 4) is 5.75 Å². The van der Waals surface area contributed by atoms with E-state index in [0.717, 1.165) is 18.8 Å². The van der Waals surface area contributed by atoms with Crippen LogP contribution in [0.15, 0.2) is 36.4 Å². The molecule has 0 aromatic heterocycles. The van der Waals surface area contributed by atoms with Gasteiger partial charge in [-0.05, 0) is 17.9 Å². The highest BCUT2D eigenvalue weighted by atomic mass is 28.3. The lowest BCUT2D eigenvalue weighted by Gasteiger charge is -2.15. The first-order chi connectivity index (χ1) is 9.90. The molecule has 1 aliphatic heterocycles. The zero-order chi connectivity index (χ0) is 13.8. The predicted octanol–water partition coefficient (Wildman–Crippen LogP) is 4.51. The number of hydrogen-bond acceptors (Lipinski definition) is 1. The maximum atomic E-state index is 5.99. The molecule has 0 amide bonds. The van der Waals surface area contributed by atoms with E-state index in [1.54, 1.807) is 5.19 Å². The van der Waals surface area contributed by atoms with Crippen LogP contribution in [0.1, 0.15) is 32.6 Å². The standard InChI is InChI=1S/C18H23OSi/c1-2-3-12-19-17-10-11-18(20-13-6-7-14-20)16-9-5-4-8-15(16)17/h4-5,8-11H,2-3,6-7,12-14H2,1H3. The second-order valence-electron chi connectivity index (χ2n) is 5.67. The summed E-state index contributed by atoms with van der Waals surface area (Å²) in [6.07, 6.45) is 5.17. The Bertz CT molecular complexity index is 573. The summed E-state index contributed by atoms with van der Waals surface area (Å²) in [7, 11) is -0.311. The summed E-state index contributed by atoms with van der Waals surface area (Å²) in [6.45, 7) is 3.03. The van der Waals surface area contributed by atoms with E-state index in [1.165, 1.54) is 42.1 Å². The Balaban J connectivity index is 1.96. The third-order valence-electron chi connectivity index (χ3n) is 4.23. The van der Waals surface area contributed by atoms with Crippen LogP contribution in [0.25, 0.3) is 10.8 Å². The van der Waals surface area contributed by atoms with Gasteiger partial charge in [0.15, 0.2) is 0 Å². The van der Waals surface area contributed by atoms with Gasteiger partial charge in [-0.25, -0.2) is 0 Å². The van der Waals surface area contributed by atoms with Gasteiger partial charge in [0.05, 0.1) is 15.4 Å². The Morgan fingerprint density at radius 1 is 1.00 bits per heavy atom. The van der Waals surface area contributed by atoms with Gasteiger partial charge < -0.3 is 4.74 Å². The monoisotopic (exact) mass is 283 g/mol. The summed E-state index contributed by atoms with van der Waals surface area (Å²) in [6, 6.07) is 16.3. The second-order valence-corrected chi connectivity index (χ2v) is 8.42. The first kappa shape index (κ1) is 13.7. The van der Waals surface area contributed by atoms with Gasteiger partial charge in [-0.2, -0.15) is 0 Å². The molecule has 2 heteroatoms. The molecule has 1 radical (unpaired) electrons. The summed E-state index contributed by atoms with van der Waals surface area (Å²) in [5.74, 6) is 1.07. The number of fused-ring (bicyclic) bond motifs is 1. The Morgan fingerprint density at radius 2 is 1.75 bits per heavy atom. The normalized spacial score (nSPS) is 15.8. The van der Waals surface area contributed by atoms with Crippen LogP contribution in [0.4, 0.5) is 0 Å². The van der Waals surface area contributed by atoms with E-state index < -0.39 is 0 Å². The second kappa shape index (κ2) is 6.44. The van der Waals surface area contributed by atoms with Crippen LogP contribution in [0, 0.1) is 0 Å². The summed E-state index contributed by atoms with van der Waals surface area (Å²) in [4.78, 5) is 0. The number of benzene rings is 2. The highest BCUT2D eigenvalue weighted by molar-refractivity contribution is 6.76. The molecule has 1 saturated heterocycles. The number of unbranched alkanes of at least 4 members (excludes halogenated alkanes) is 1. The summed E-state index contributed by atoms with van der Waals surface area (Å²) in [5, 5.41) is 4.38. The van der Waals surface area contributed by atoms with Gasteiger partial charge in [0, 0.05) is 5.39 Å². The average Bonchev–Trinajstić information content (AvgIpc) is 3.01. The van der Waals surface area contributed by atoms with E-state index in [2.05, 4.69) is 43.3 Å². The van der Waals surface area contributed by atoms with Crippen molar-refractivity contribution in [3.63, 3.8) is 0 Å². The summed E-state index contributed by atoms with van der Waals surface area (Å²) < 4.78 is 5.99. The molecular weight excluding hydrogens is 260 g/mol. The zero-order valence-corrected chi connectivity index (χ0v) is 13.3.